The molecular weight excluding hydrogens is 388 g/mol. The van der Waals surface area contributed by atoms with Crippen LogP contribution >= 0.6 is 15.9 Å². The number of aliphatic carboxylic acids is 1. The van der Waals surface area contributed by atoms with Crippen molar-refractivity contribution in [1.29, 1.82) is 0 Å². The minimum atomic E-state index is -0.824. The zero-order valence-corrected chi connectivity index (χ0v) is 18.6. The molecule has 1 N–H and O–H groups in total. The summed E-state index contributed by atoms with van der Waals surface area (Å²) in [4.78, 5) is 13.6. The summed E-state index contributed by atoms with van der Waals surface area (Å²) < 4.78 is 0. The minimum Gasteiger partial charge on any atom is -0.478 e. The monoisotopic (exact) mass is 424 g/mol. The predicted octanol–water partition coefficient (Wildman–Crippen LogP) is 7.20. The molecule has 2 aliphatic carbocycles. The Bertz CT molecular complexity index is 550. The Labute approximate surface area is 168 Å². The first kappa shape index (κ1) is 21.7. The second-order valence-corrected chi connectivity index (χ2v) is 9.95. The van der Waals surface area contributed by atoms with Gasteiger partial charge in [0.15, 0.2) is 0 Å². The van der Waals surface area contributed by atoms with E-state index in [-0.39, 0.29) is 5.92 Å². The highest BCUT2D eigenvalue weighted by molar-refractivity contribution is 9.11. The number of carbonyl (C=O) groups is 1. The van der Waals surface area contributed by atoms with E-state index in [0.29, 0.717) is 22.8 Å². The fourth-order valence-electron chi connectivity index (χ4n) is 5.99. The lowest BCUT2D eigenvalue weighted by atomic mass is 9.61. The molecule has 0 aromatic carbocycles. The van der Waals surface area contributed by atoms with Gasteiger partial charge in [0, 0.05) is 5.57 Å². The van der Waals surface area contributed by atoms with Crippen molar-refractivity contribution < 1.29 is 9.90 Å². The Hall–Kier alpha value is -0.570. The lowest BCUT2D eigenvalue weighted by Crippen LogP contribution is -2.36. The van der Waals surface area contributed by atoms with Gasteiger partial charge in [-0.05, 0) is 91.4 Å². The van der Waals surface area contributed by atoms with Crippen LogP contribution in [0.2, 0.25) is 0 Å². The average Bonchev–Trinajstić information content (AvgIpc) is 2.94. The van der Waals surface area contributed by atoms with E-state index in [0.717, 1.165) is 31.1 Å². The highest BCUT2D eigenvalue weighted by Gasteiger charge is 2.50. The molecule has 0 spiro atoms. The van der Waals surface area contributed by atoms with Crippen molar-refractivity contribution in [2.24, 2.45) is 35.0 Å². The molecule has 1 unspecified atom stereocenters. The van der Waals surface area contributed by atoms with E-state index < -0.39 is 5.97 Å². The number of carboxylic acid groups (broad SMARTS) is 1. The molecular formula is C23H37BrO2. The maximum atomic E-state index is 11.4. The highest BCUT2D eigenvalue weighted by atomic mass is 79.9. The zero-order valence-electron chi connectivity index (χ0n) is 17.1. The van der Waals surface area contributed by atoms with Crippen LogP contribution in [0.3, 0.4) is 0 Å². The molecule has 0 aromatic heterocycles. The van der Waals surface area contributed by atoms with Crippen LogP contribution < -0.4 is 0 Å². The first-order valence-electron chi connectivity index (χ1n) is 10.4. The van der Waals surface area contributed by atoms with Crippen LogP contribution in [0.25, 0.3) is 0 Å². The lowest BCUT2D eigenvalue weighted by molar-refractivity contribution is -0.133. The molecule has 5 atom stereocenters. The Morgan fingerprint density at radius 3 is 2.62 bits per heavy atom. The van der Waals surface area contributed by atoms with Gasteiger partial charge in [-0.15, -0.1) is 0 Å². The van der Waals surface area contributed by atoms with Gasteiger partial charge in [-0.3, -0.25) is 0 Å². The van der Waals surface area contributed by atoms with Gasteiger partial charge in [-0.1, -0.05) is 55.8 Å². The van der Waals surface area contributed by atoms with E-state index in [9.17, 15) is 9.90 Å². The quantitative estimate of drug-likeness (QED) is 0.418. The van der Waals surface area contributed by atoms with E-state index in [1.54, 1.807) is 5.57 Å². The Morgan fingerprint density at radius 2 is 2.04 bits per heavy atom. The molecule has 0 heterocycles. The van der Waals surface area contributed by atoms with Gasteiger partial charge in [0.2, 0.25) is 0 Å². The van der Waals surface area contributed by atoms with Crippen LogP contribution in [0.4, 0.5) is 0 Å². The zero-order chi connectivity index (χ0) is 19.5. The van der Waals surface area contributed by atoms with Crippen LogP contribution in [-0.4, -0.2) is 11.1 Å². The first-order chi connectivity index (χ1) is 12.2. The van der Waals surface area contributed by atoms with Crippen LogP contribution in [0.15, 0.2) is 22.7 Å². The van der Waals surface area contributed by atoms with Gasteiger partial charge in [0.25, 0.3) is 0 Å². The smallest absolute Gasteiger partial charge is 0.331 e. The van der Waals surface area contributed by atoms with E-state index in [1.165, 1.54) is 32.1 Å². The fourth-order valence-corrected chi connectivity index (χ4v) is 6.54. The van der Waals surface area contributed by atoms with E-state index in [2.05, 4.69) is 55.2 Å². The van der Waals surface area contributed by atoms with Gasteiger partial charge < -0.3 is 5.11 Å². The van der Waals surface area contributed by atoms with Crippen molar-refractivity contribution in [3.63, 3.8) is 0 Å². The van der Waals surface area contributed by atoms with Gasteiger partial charge >= 0.3 is 5.97 Å². The average molecular weight is 425 g/mol. The number of fused-ring (bicyclic) bond motifs is 1. The molecule has 0 aromatic rings. The summed E-state index contributed by atoms with van der Waals surface area (Å²) in [7, 11) is 0. The van der Waals surface area contributed by atoms with E-state index in [4.69, 9.17) is 0 Å². The van der Waals surface area contributed by atoms with Crippen molar-refractivity contribution in [3.05, 3.63) is 22.7 Å². The van der Waals surface area contributed by atoms with Crippen LogP contribution in [0.1, 0.15) is 79.1 Å². The molecule has 2 nitrogen and oxygen atoms in total. The minimum absolute atomic E-state index is 0.115. The van der Waals surface area contributed by atoms with Gasteiger partial charge in [0.1, 0.15) is 0 Å². The molecule has 0 saturated heterocycles. The Balaban J connectivity index is 2.03. The van der Waals surface area contributed by atoms with Crippen molar-refractivity contribution in [3.8, 4) is 0 Å². The summed E-state index contributed by atoms with van der Waals surface area (Å²) in [5.41, 5.74) is 2.45. The third-order valence-corrected chi connectivity index (χ3v) is 7.95. The van der Waals surface area contributed by atoms with E-state index >= 15 is 0 Å². The maximum absolute atomic E-state index is 11.4. The number of hydrogen-bond donors (Lipinski definition) is 1. The molecule has 3 heteroatoms. The van der Waals surface area contributed by atoms with Gasteiger partial charge in [-0.25, -0.2) is 4.79 Å². The molecule has 0 radical (unpaired) electrons. The molecule has 0 bridgehead atoms. The van der Waals surface area contributed by atoms with Crippen LogP contribution in [0, 0.1) is 35.0 Å². The maximum Gasteiger partial charge on any atom is 0.331 e. The number of halogens is 1. The second kappa shape index (κ2) is 9.08. The molecule has 2 saturated carbocycles. The predicted molar refractivity (Wildman–Crippen MR) is 113 cm³/mol. The molecule has 0 aliphatic heterocycles. The number of hydrogen-bond acceptors (Lipinski definition) is 1. The Morgan fingerprint density at radius 1 is 1.35 bits per heavy atom. The fraction of sp³-hybridized carbons (Fsp3) is 0.783. The third kappa shape index (κ3) is 4.64. The summed E-state index contributed by atoms with van der Waals surface area (Å²) in [5.74, 6) is 1.94. The lowest BCUT2D eigenvalue weighted by Gasteiger charge is -2.44. The van der Waals surface area contributed by atoms with Gasteiger partial charge in [0.05, 0.1) is 0 Å². The highest BCUT2D eigenvalue weighted by Crippen LogP contribution is 2.60. The van der Waals surface area contributed by atoms with Crippen LogP contribution in [0.5, 0.6) is 0 Å². The molecule has 148 valence electrons. The second-order valence-electron chi connectivity index (χ2n) is 9.49. The van der Waals surface area contributed by atoms with Crippen LogP contribution in [-0.2, 0) is 4.79 Å². The standard InChI is InChI=1S/C23H37BrO2/c1-15(2)13-18(17(4)22(25)26)9-8-16(3)20-10-11-21-19(14-24)7-6-12-23(20,21)5/h14-16,18,20-21H,4,6-13H2,1-3,5H3,(H,25,26)/b19-14+/t16-,18-,20-,21?,23-/m1/s1. The topological polar surface area (TPSA) is 37.3 Å². The van der Waals surface area contributed by atoms with Crippen molar-refractivity contribution >= 4 is 21.9 Å². The molecule has 2 fully saturated rings. The Kier molecular flexibility index (Phi) is 7.59. The van der Waals surface area contributed by atoms with Crippen molar-refractivity contribution in [1.82, 2.24) is 0 Å². The normalized spacial score (nSPS) is 32.5. The SMILES string of the molecule is C=C(C(=O)O)[C@H](CC[C@@H](C)[C@H]1CCC2/C(=C/Br)CCC[C@@]21C)CC(C)C. The molecule has 0 amide bonds. The third-order valence-electron chi connectivity index (χ3n) is 7.36. The summed E-state index contributed by atoms with van der Waals surface area (Å²) in [6.07, 6.45) is 9.54. The first-order valence-corrected chi connectivity index (χ1v) is 11.3. The largest absolute Gasteiger partial charge is 0.478 e. The summed E-state index contributed by atoms with van der Waals surface area (Å²) >= 11 is 3.60. The van der Waals surface area contributed by atoms with Crippen molar-refractivity contribution in [2.45, 2.75) is 79.1 Å². The number of allylic oxidation sites excluding steroid dienone is 1. The number of carboxylic acids is 1. The molecule has 26 heavy (non-hydrogen) atoms. The summed E-state index contributed by atoms with van der Waals surface area (Å²) in [6.45, 7) is 13.1. The molecule has 2 rings (SSSR count). The van der Waals surface area contributed by atoms with Gasteiger partial charge in [-0.2, -0.15) is 0 Å². The molecule has 2 aliphatic rings. The summed E-state index contributed by atoms with van der Waals surface area (Å²) in [5, 5.41) is 9.38. The summed E-state index contributed by atoms with van der Waals surface area (Å²) in [6, 6.07) is 0. The van der Waals surface area contributed by atoms with Crippen molar-refractivity contribution in [2.75, 3.05) is 0 Å². The number of rotatable bonds is 8. The van der Waals surface area contributed by atoms with E-state index in [1.807, 2.05) is 0 Å².